The molecule has 0 aliphatic rings. The molecule has 0 aliphatic heterocycles. The van der Waals surface area contributed by atoms with Gasteiger partial charge in [-0.3, -0.25) is 4.79 Å². The molecule has 0 unspecified atom stereocenters. The molecule has 4 rings (SSSR count). The number of benzene rings is 4. The van der Waals surface area contributed by atoms with Gasteiger partial charge in [-0.15, -0.1) is 0 Å². The largest absolute Gasteiger partial charge is 0.493 e. The first kappa shape index (κ1) is 21.2. The highest BCUT2D eigenvalue weighted by molar-refractivity contribution is 6.04. The predicted octanol–water partition coefficient (Wildman–Crippen LogP) is 6.14. The van der Waals surface area contributed by atoms with Crippen LogP contribution in [-0.4, -0.2) is 12.5 Å². The van der Waals surface area contributed by atoms with Crippen LogP contribution in [0.1, 0.15) is 21.5 Å². The van der Waals surface area contributed by atoms with Crippen LogP contribution < -0.4 is 14.8 Å². The number of ether oxygens (including phenoxy) is 2. The van der Waals surface area contributed by atoms with Gasteiger partial charge < -0.3 is 14.8 Å². The van der Waals surface area contributed by atoms with E-state index in [0.717, 1.165) is 12.0 Å². The second kappa shape index (κ2) is 10.8. The third-order valence-corrected chi connectivity index (χ3v) is 4.94. The predicted molar refractivity (Wildman–Crippen MR) is 127 cm³/mol. The van der Waals surface area contributed by atoms with Crippen LogP contribution in [0.3, 0.4) is 0 Å². The van der Waals surface area contributed by atoms with E-state index in [0.29, 0.717) is 36.0 Å². The van der Waals surface area contributed by atoms with Gasteiger partial charge >= 0.3 is 0 Å². The normalized spacial score (nSPS) is 10.4. The summed E-state index contributed by atoms with van der Waals surface area (Å²) in [5.74, 6) is 1.18. The number of anilines is 1. The molecule has 32 heavy (non-hydrogen) atoms. The first-order valence-corrected chi connectivity index (χ1v) is 10.6. The second-order valence-electron chi connectivity index (χ2n) is 7.37. The Morgan fingerprint density at radius 3 is 2.06 bits per heavy atom. The van der Waals surface area contributed by atoms with Crippen molar-refractivity contribution in [2.45, 2.75) is 13.0 Å². The number of amides is 1. The summed E-state index contributed by atoms with van der Waals surface area (Å²) in [6.07, 6.45) is 0.813. The standard InChI is InChI=1S/C28H25NO3/c30-28(24-13-7-15-26(19-24)31-18-17-22-9-3-1-4-10-22)29-25-14-8-16-27(20-25)32-21-23-11-5-2-6-12-23/h1-16,19-20H,17-18,21H2,(H,29,30). The molecule has 0 spiro atoms. The lowest BCUT2D eigenvalue weighted by molar-refractivity contribution is 0.102. The Morgan fingerprint density at radius 2 is 1.31 bits per heavy atom. The van der Waals surface area contributed by atoms with E-state index >= 15 is 0 Å². The van der Waals surface area contributed by atoms with Crippen LogP contribution in [0.25, 0.3) is 0 Å². The molecule has 0 fully saturated rings. The van der Waals surface area contributed by atoms with Crippen molar-refractivity contribution >= 4 is 11.6 Å². The minimum atomic E-state index is -0.196. The first-order chi connectivity index (χ1) is 15.8. The van der Waals surface area contributed by atoms with Crippen molar-refractivity contribution in [3.8, 4) is 11.5 Å². The number of carbonyl (C=O) groups excluding carboxylic acids is 1. The van der Waals surface area contributed by atoms with Gasteiger partial charge in [0, 0.05) is 23.7 Å². The number of carbonyl (C=O) groups is 1. The summed E-state index contributed by atoms with van der Waals surface area (Å²) in [7, 11) is 0. The van der Waals surface area contributed by atoms with Crippen molar-refractivity contribution in [1.82, 2.24) is 0 Å². The van der Waals surface area contributed by atoms with Gasteiger partial charge in [0.05, 0.1) is 6.61 Å². The van der Waals surface area contributed by atoms with E-state index in [1.807, 2.05) is 84.9 Å². The van der Waals surface area contributed by atoms with E-state index in [1.54, 1.807) is 12.1 Å². The molecule has 1 amide bonds. The van der Waals surface area contributed by atoms with E-state index in [4.69, 9.17) is 9.47 Å². The van der Waals surface area contributed by atoms with Gasteiger partial charge in [0.15, 0.2) is 0 Å². The summed E-state index contributed by atoms with van der Waals surface area (Å²) in [6.45, 7) is 1.02. The van der Waals surface area contributed by atoms with Gasteiger partial charge in [0.25, 0.3) is 5.91 Å². The molecular weight excluding hydrogens is 398 g/mol. The molecule has 0 saturated carbocycles. The first-order valence-electron chi connectivity index (χ1n) is 10.6. The Kier molecular flexibility index (Phi) is 7.17. The summed E-state index contributed by atoms with van der Waals surface area (Å²) < 4.78 is 11.7. The van der Waals surface area contributed by atoms with Gasteiger partial charge in [-0.1, -0.05) is 72.8 Å². The average Bonchev–Trinajstić information content (AvgIpc) is 2.84. The lowest BCUT2D eigenvalue weighted by Crippen LogP contribution is -2.12. The number of rotatable bonds is 9. The van der Waals surface area contributed by atoms with Crippen molar-refractivity contribution < 1.29 is 14.3 Å². The minimum absolute atomic E-state index is 0.196. The molecule has 4 heteroatoms. The summed E-state index contributed by atoms with van der Waals surface area (Å²) in [5, 5.41) is 2.93. The van der Waals surface area contributed by atoms with Crippen LogP contribution >= 0.6 is 0 Å². The molecule has 1 N–H and O–H groups in total. The molecule has 4 aromatic carbocycles. The third kappa shape index (κ3) is 6.22. The molecule has 0 bridgehead atoms. The fourth-order valence-electron chi connectivity index (χ4n) is 3.27. The zero-order chi connectivity index (χ0) is 22.0. The molecule has 4 aromatic rings. The molecule has 0 heterocycles. The molecule has 0 aliphatic carbocycles. The highest BCUT2D eigenvalue weighted by Gasteiger charge is 2.08. The van der Waals surface area contributed by atoms with E-state index in [-0.39, 0.29) is 5.91 Å². The van der Waals surface area contributed by atoms with E-state index in [9.17, 15) is 4.79 Å². The van der Waals surface area contributed by atoms with E-state index in [1.165, 1.54) is 5.56 Å². The lowest BCUT2D eigenvalue weighted by atomic mass is 10.1. The van der Waals surface area contributed by atoms with Crippen molar-refractivity contribution in [3.63, 3.8) is 0 Å². The quantitative estimate of drug-likeness (QED) is 0.352. The maximum Gasteiger partial charge on any atom is 0.255 e. The monoisotopic (exact) mass is 423 g/mol. The summed E-state index contributed by atoms with van der Waals surface area (Å²) >= 11 is 0. The Labute approximate surface area is 188 Å². The van der Waals surface area contributed by atoms with Crippen LogP contribution in [0.2, 0.25) is 0 Å². The van der Waals surface area contributed by atoms with Crippen LogP contribution in [0.4, 0.5) is 5.69 Å². The highest BCUT2D eigenvalue weighted by atomic mass is 16.5. The Hall–Kier alpha value is -4.05. The van der Waals surface area contributed by atoms with Gasteiger partial charge in [-0.2, -0.15) is 0 Å². The SMILES string of the molecule is O=C(Nc1cccc(OCc2ccccc2)c1)c1cccc(OCCc2ccccc2)c1. The number of nitrogens with one attached hydrogen (secondary N) is 1. The molecule has 0 atom stereocenters. The van der Waals surface area contributed by atoms with Gasteiger partial charge in [-0.25, -0.2) is 0 Å². The van der Waals surface area contributed by atoms with Crippen LogP contribution in [0, 0.1) is 0 Å². The highest BCUT2D eigenvalue weighted by Crippen LogP contribution is 2.20. The molecule has 160 valence electrons. The van der Waals surface area contributed by atoms with Gasteiger partial charge in [0.1, 0.15) is 18.1 Å². The van der Waals surface area contributed by atoms with Crippen LogP contribution in [0.5, 0.6) is 11.5 Å². The molecule has 0 radical (unpaired) electrons. The molecular formula is C28H25NO3. The Bertz CT molecular complexity index is 1140. The van der Waals surface area contributed by atoms with E-state index < -0.39 is 0 Å². The summed E-state index contributed by atoms with van der Waals surface area (Å²) in [4.78, 5) is 12.7. The van der Waals surface area contributed by atoms with Crippen molar-refractivity contribution in [2.24, 2.45) is 0 Å². The number of hydrogen-bond donors (Lipinski definition) is 1. The fourth-order valence-corrected chi connectivity index (χ4v) is 3.27. The lowest BCUT2D eigenvalue weighted by Gasteiger charge is -2.11. The van der Waals surface area contributed by atoms with E-state index in [2.05, 4.69) is 17.4 Å². The van der Waals surface area contributed by atoms with Crippen LogP contribution in [0.15, 0.2) is 109 Å². The Morgan fingerprint density at radius 1 is 0.656 bits per heavy atom. The molecule has 4 nitrogen and oxygen atoms in total. The minimum Gasteiger partial charge on any atom is -0.493 e. The summed E-state index contributed by atoms with van der Waals surface area (Å²) in [6, 6.07) is 34.8. The van der Waals surface area contributed by atoms with Crippen molar-refractivity contribution in [3.05, 3.63) is 126 Å². The summed E-state index contributed by atoms with van der Waals surface area (Å²) in [5.41, 5.74) is 3.52. The molecule has 0 aromatic heterocycles. The Balaban J connectivity index is 1.33. The van der Waals surface area contributed by atoms with Crippen LogP contribution in [-0.2, 0) is 13.0 Å². The second-order valence-corrected chi connectivity index (χ2v) is 7.37. The zero-order valence-electron chi connectivity index (χ0n) is 17.7. The fraction of sp³-hybridized carbons (Fsp3) is 0.107. The van der Waals surface area contributed by atoms with Crippen molar-refractivity contribution in [1.29, 1.82) is 0 Å². The topological polar surface area (TPSA) is 47.6 Å². The average molecular weight is 424 g/mol. The van der Waals surface area contributed by atoms with Gasteiger partial charge in [0.2, 0.25) is 0 Å². The zero-order valence-corrected chi connectivity index (χ0v) is 17.7. The van der Waals surface area contributed by atoms with Crippen molar-refractivity contribution in [2.75, 3.05) is 11.9 Å². The smallest absolute Gasteiger partial charge is 0.255 e. The molecule has 0 saturated heterocycles. The number of hydrogen-bond acceptors (Lipinski definition) is 3. The van der Waals surface area contributed by atoms with Gasteiger partial charge in [-0.05, 0) is 41.5 Å². The maximum absolute atomic E-state index is 12.7. The third-order valence-electron chi connectivity index (χ3n) is 4.94. The maximum atomic E-state index is 12.7.